The summed E-state index contributed by atoms with van der Waals surface area (Å²) in [5, 5.41) is 0. The summed E-state index contributed by atoms with van der Waals surface area (Å²) in [6, 6.07) is 16.4. The number of methoxy groups -OCH3 is 2. The van der Waals surface area contributed by atoms with Gasteiger partial charge in [0.05, 0.1) is 19.8 Å². The number of benzene rings is 2. The van der Waals surface area contributed by atoms with Gasteiger partial charge in [-0.2, -0.15) is 0 Å². The van der Waals surface area contributed by atoms with Crippen LogP contribution in [0.4, 0.5) is 0 Å². The zero-order chi connectivity index (χ0) is 15.9. The molecule has 23 heavy (non-hydrogen) atoms. The van der Waals surface area contributed by atoms with Crippen molar-refractivity contribution in [2.24, 2.45) is 0 Å². The number of hydrogen-bond donors (Lipinski definition) is 0. The summed E-state index contributed by atoms with van der Waals surface area (Å²) in [5.74, 6) is 0.0714. The van der Waals surface area contributed by atoms with Gasteiger partial charge in [0.25, 0.3) is 5.97 Å². The highest BCUT2D eigenvalue weighted by Gasteiger charge is 2.51. The van der Waals surface area contributed by atoms with Gasteiger partial charge in [-0.3, -0.25) is 0 Å². The molecule has 4 heteroatoms. The lowest BCUT2D eigenvalue weighted by Gasteiger charge is -2.25. The number of fused-ring (bicyclic) bond motifs is 4. The SMILES string of the molecule is COc1ccc(C2C[C@]3(OC)OCc4ccccc4[C@H]2O3)cc1. The Morgan fingerprint density at radius 2 is 1.83 bits per heavy atom. The third-order valence-corrected chi connectivity index (χ3v) is 4.81. The first-order chi connectivity index (χ1) is 11.2. The Labute approximate surface area is 135 Å². The van der Waals surface area contributed by atoms with Crippen LogP contribution in [0.15, 0.2) is 48.5 Å². The summed E-state index contributed by atoms with van der Waals surface area (Å²) < 4.78 is 23.1. The second-order valence-electron chi connectivity index (χ2n) is 6.00. The van der Waals surface area contributed by atoms with Gasteiger partial charge in [0.1, 0.15) is 5.75 Å². The third-order valence-electron chi connectivity index (χ3n) is 4.81. The Hall–Kier alpha value is -1.88. The molecule has 4 rings (SSSR count). The van der Waals surface area contributed by atoms with Gasteiger partial charge in [-0.1, -0.05) is 36.4 Å². The van der Waals surface area contributed by atoms with Crippen LogP contribution >= 0.6 is 0 Å². The normalized spacial score (nSPS) is 29.0. The van der Waals surface area contributed by atoms with E-state index < -0.39 is 5.97 Å². The fraction of sp³-hybridized carbons (Fsp3) is 0.368. The van der Waals surface area contributed by atoms with Crippen molar-refractivity contribution >= 4 is 0 Å². The van der Waals surface area contributed by atoms with Crippen LogP contribution in [-0.4, -0.2) is 20.2 Å². The summed E-state index contributed by atoms with van der Waals surface area (Å²) >= 11 is 0. The largest absolute Gasteiger partial charge is 0.497 e. The molecule has 0 N–H and O–H groups in total. The first-order valence-corrected chi connectivity index (χ1v) is 7.83. The number of hydrogen-bond acceptors (Lipinski definition) is 4. The standard InChI is InChI=1S/C19H20O4/c1-20-15-9-7-13(8-10-15)17-11-19(21-2)22-12-14-5-3-4-6-16(14)18(17)23-19/h3-10,17-18H,11-12H2,1-2H3/t17?,18-,19+/m1/s1. The van der Waals surface area contributed by atoms with Crippen molar-refractivity contribution < 1.29 is 18.9 Å². The quantitative estimate of drug-likeness (QED) is 0.864. The molecule has 1 fully saturated rings. The van der Waals surface area contributed by atoms with Crippen molar-refractivity contribution in [2.75, 3.05) is 14.2 Å². The molecule has 1 unspecified atom stereocenters. The minimum atomic E-state index is -0.964. The van der Waals surface area contributed by atoms with E-state index in [1.807, 2.05) is 24.3 Å². The molecule has 0 radical (unpaired) electrons. The highest BCUT2D eigenvalue weighted by molar-refractivity contribution is 5.37. The van der Waals surface area contributed by atoms with E-state index in [0.29, 0.717) is 13.0 Å². The van der Waals surface area contributed by atoms with Gasteiger partial charge < -0.3 is 18.9 Å². The molecule has 0 aliphatic carbocycles. The van der Waals surface area contributed by atoms with Crippen LogP contribution in [0, 0.1) is 0 Å². The first-order valence-electron chi connectivity index (χ1n) is 7.83. The molecule has 2 aliphatic rings. The van der Waals surface area contributed by atoms with Crippen LogP contribution < -0.4 is 4.74 Å². The van der Waals surface area contributed by atoms with E-state index >= 15 is 0 Å². The first kappa shape index (κ1) is 14.7. The maximum atomic E-state index is 6.23. The van der Waals surface area contributed by atoms with E-state index in [-0.39, 0.29) is 12.0 Å². The van der Waals surface area contributed by atoms with E-state index in [1.165, 1.54) is 11.1 Å². The van der Waals surface area contributed by atoms with Crippen LogP contribution in [0.3, 0.4) is 0 Å². The van der Waals surface area contributed by atoms with Crippen LogP contribution in [0.2, 0.25) is 0 Å². The molecule has 1 saturated heterocycles. The van der Waals surface area contributed by atoms with Gasteiger partial charge in [-0.05, 0) is 28.8 Å². The average Bonchev–Trinajstić information content (AvgIpc) is 2.91. The van der Waals surface area contributed by atoms with Gasteiger partial charge in [0.2, 0.25) is 0 Å². The molecule has 0 spiro atoms. The topological polar surface area (TPSA) is 36.9 Å². The zero-order valence-corrected chi connectivity index (χ0v) is 13.3. The van der Waals surface area contributed by atoms with E-state index in [0.717, 1.165) is 11.3 Å². The minimum Gasteiger partial charge on any atom is -0.497 e. The molecule has 120 valence electrons. The second kappa shape index (κ2) is 5.64. The van der Waals surface area contributed by atoms with Crippen LogP contribution in [-0.2, 0) is 20.8 Å². The molecule has 4 nitrogen and oxygen atoms in total. The van der Waals surface area contributed by atoms with Gasteiger partial charge in [-0.25, -0.2) is 0 Å². The molecule has 0 aromatic heterocycles. The summed E-state index contributed by atoms with van der Waals surface area (Å²) in [6.07, 6.45) is 0.608. The molecule has 2 aliphatic heterocycles. The number of rotatable bonds is 3. The molecule has 0 amide bonds. The zero-order valence-electron chi connectivity index (χ0n) is 13.3. The van der Waals surface area contributed by atoms with Gasteiger partial charge >= 0.3 is 0 Å². The van der Waals surface area contributed by atoms with E-state index in [1.54, 1.807) is 14.2 Å². The van der Waals surface area contributed by atoms with Crippen molar-refractivity contribution in [2.45, 2.75) is 31.0 Å². The van der Waals surface area contributed by atoms with Crippen molar-refractivity contribution in [3.8, 4) is 5.75 Å². The van der Waals surface area contributed by atoms with Crippen LogP contribution in [0.25, 0.3) is 0 Å². The second-order valence-corrected chi connectivity index (χ2v) is 6.00. The molecule has 3 atom stereocenters. The average molecular weight is 312 g/mol. The Bertz CT molecular complexity index is 697. The fourth-order valence-corrected chi connectivity index (χ4v) is 3.54. The molecule has 0 saturated carbocycles. The Morgan fingerprint density at radius 3 is 2.57 bits per heavy atom. The molecular weight excluding hydrogens is 292 g/mol. The maximum Gasteiger partial charge on any atom is 0.284 e. The lowest BCUT2D eigenvalue weighted by Crippen LogP contribution is -2.33. The van der Waals surface area contributed by atoms with E-state index in [4.69, 9.17) is 18.9 Å². The van der Waals surface area contributed by atoms with Crippen molar-refractivity contribution in [3.05, 3.63) is 65.2 Å². The molecule has 2 bridgehead atoms. The lowest BCUT2D eigenvalue weighted by atomic mass is 9.86. The van der Waals surface area contributed by atoms with Crippen molar-refractivity contribution in [1.29, 1.82) is 0 Å². The summed E-state index contributed by atoms with van der Waals surface area (Å²) in [4.78, 5) is 0. The Morgan fingerprint density at radius 1 is 1.04 bits per heavy atom. The summed E-state index contributed by atoms with van der Waals surface area (Å²) in [7, 11) is 3.32. The smallest absolute Gasteiger partial charge is 0.284 e. The van der Waals surface area contributed by atoms with Gasteiger partial charge in [0.15, 0.2) is 0 Å². The maximum absolute atomic E-state index is 6.23. The number of ether oxygens (including phenoxy) is 4. The molecular formula is C19H20O4. The summed E-state index contributed by atoms with van der Waals surface area (Å²) in [5.41, 5.74) is 3.55. The highest BCUT2D eigenvalue weighted by Crippen LogP contribution is 2.53. The molecule has 2 heterocycles. The molecule has 2 aromatic carbocycles. The van der Waals surface area contributed by atoms with E-state index in [2.05, 4.69) is 24.3 Å². The Kier molecular flexibility index (Phi) is 3.60. The lowest BCUT2D eigenvalue weighted by molar-refractivity contribution is -0.363. The van der Waals surface area contributed by atoms with Crippen LogP contribution in [0.5, 0.6) is 5.75 Å². The van der Waals surface area contributed by atoms with Crippen LogP contribution in [0.1, 0.15) is 35.1 Å². The molecule has 2 aromatic rings. The van der Waals surface area contributed by atoms with Gasteiger partial charge in [-0.15, -0.1) is 0 Å². The van der Waals surface area contributed by atoms with E-state index in [9.17, 15) is 0 Å². The van der Waals surface area contributed by atoms with Gasteiger partial charge in [0, 0.05) is 19.4 Å². The monoisotopic (exact) mass is 312 g/mol. The van der Waals surface area contributed by atoms with Crippen molar-refractivity contribution in [1.82, 2.24) is 0 Å². The predicted molar refractivity (Wildman–Crippen MR) is 85.1 cm³/mol. The highest BCUT2D eigenvalue weighted by atomic mass is 16.9. The fourth-order valence-electron chi connectivity index (χ4n) is 3.54. The predicted octanol–water partition coefficient (Wildman–Crippen LogP) is 3.77. The summed E-state index contributed by atoms with van der Waals surface area (Å²) in [6.45, 7) is 0.510. The minimum absolute atomic E-state index is 0.0676. The van der Waals surface area contributed by atoms with Crippen molar-refractivity contribution in [3.63, 3.8) is 0 Å². The Balaban J connectivity index is 1.76. The third kappa shape index (κ3) is 2.43.